The van der Waals surface area contributed by atoms with Gasteiger partial charge in [0.25, 0.3) is 5.91 Å². The number of hydrogen-bond donors (Lipinski definition) is 1. The predicted molar refractivity (Wildman–Crippen MR) is 72.6 cm³/mol. The second kappa shape index (κ2) is 6.54. The number of rotatable bonds is 4. The molecule has 1 fully saturated rings. The topological polar surface area (TPSA) is 50.8 Å². The van der Waals surface area contributed by atoms with Gasteiger partial charge >= 0.3 is 0 Å². The van der Waals surface area contributed by atoms with Gasteiger partial charge in [0, 0.05) is 13.1 Å². The third-order valence-electron chi connectivity index (χ3n) is 3.27. The molecular weight excluding hydrogens is 244 g/mol. The van der Waals surface area contributed by atoms with Gasteiger partial charge in [-0.2, -0.15) is 0 Å². The van der Waals surface area contributed by atoms with Crippen LogP contribution in [0.2, 0.25) is 0 Å². The Labute approximate surface area is 113 Å². The molecule has 1 aliphatic rings. The first-order valence-corrected chi connectivity index (χ1v) is 6.44. The molecule has 0 bridgehead atoms. The smallest absolute Gasteiger partial charge is 0.258 e. The number of hydrogen-bond acceptors (Lipinski definition) is 4. The molecule has 0 saturated carbocycles. The Morgan fingerprint density at radius 3 is 3.05 bits per heavy atom. The number of methoxy groups -OCH3 is 1. The van der Waals surface area contributed by atoms with Crippen molar-refractivity contribution < 1.29 is 14.3 Å². The highest BCUT2D eigenvalue weighted by atomic mass is 16.5. The molecule has 1 aromatic rings. The van der Waals surface area contributed by atoms with Crippen molar-refractivity contribution in [2.45, 2.75) is 6.04 Å². The average molecular weight is 264 g/mol. The van der Waals surface area contributed by atoms with Crippen molar-refractivity contribution in [3.63, 3.8) is 0 Å². The molecule has 0 radical (unpaired) electrons. The molecule has 19 heavy (non-hydrogen) atoms. The van der Waals surface area contributed by atoms with Crippen LogP contribution in [0.1, 0.15) is 10.4 Å². The van der Waals surface area contributed by atoms with Gasteiger partial charge in [-0.25, -0.2) is 0 Å². The zero-order valence-corrected chi connectivity index (χ0v) is 11.4. The summed E-state index contributed by atoms with van der Waals surface area (Å²) in [6.07, 6.45) is 0. The van der Waals surface area contributed by atoms with E-state index in [1.54, 1.807) is 19.2 Å². The van der Waals surface area contributed by atoms with Crippen LogP contribution in [-0.2, 0) is 4.74 Å². The van der Waals surface area contributed by atoms with Crippen LogP contribution in [0.25, 0.3) is 0 Å². The van der Waals surface area contributed by atoms with E-state index in [1.807, 2.05) is 24.1 Å². The van der Waals surface area contributed by atoms with Gasteiger partial charge in [-0.1, -0.05) is 12.1 Å². The van der Waals surface area contributed by atoms with E-state index in [-0.39, 0.29) is 11.9 Å². The fourth-order valence-corrected chi connectivity index (χ4v) is 2.30. The molecule has 5 heteroatoms. The van der Waals surface area contributed by atoms with Crippen molar-refractivity contribution >= 4 is 5.91 Å². The lowest BCUT2D eigenvalue weighted by Crippen LogP contribution is -2.52. The van der Waals surface area contributed by atoms with Crippen molar-refractivity contribution in [2.24, 2.45) is 0 Å². The second-order valence-corrected chi connectivity index (χ2v) is 4.49. The molecule has 1 atom stereocenters. The first kappa shape index (κ1) is 13.8. The summed E-state index contributed by atoms with van der Waals surface area (Å²) in [7, 11) is 3.46. The maximum absolute atomic E-state index is 12.6. The minimum absolute atomic E-state index is 0.000926. The Hall–Kier alpha value is -1.59. The van der Waals surface area contributed by atoms with E-state index in [2.05, 4.69) is 5.32 Å². The predicted octanol–water partition coefficient (Wildman–Crippen LogP) is 0.756. The highest BCUT2D eigenvalue weighted by Crippen LogP contribution is 2.21. The fraction of sp³-hybridized carbons (Fsp3) is 0.500. The van der Waals surface area contributed by atoms with Crippen LogP contribution in [0.5, 0.6) is 5.75 Å². The summed E-state index contributed by atoms with van der Waals surface area (Å²) >= 11 is 0. The number of nitrogens with zero attached hydrogens (tertiary/aromatic N) is 1. The van der Waals surface area contributed by atoms with E-state index < -0.39 is 0 Å². The monoisotopic (exact) mass is 264 g/mol. The summed E-state index contributed by atoms with van der Waals surface area (Å²) in [4.78, 5) is 14.5. The lowest BCUT2D eigenvalue weighted by Gasteiger charge is -2.35. The minimum Gasteiger partial charge on any atom is -0.496 e. The molecule has 0 spiro atoms. The van der Waals surface area contributed by atoms with Crippen molar-refractivity contribution in [3.8, 4) is 5.75 Å². The maximum Gasteiger partial charge on any atom is 0.258 e. The van der Waals surface area contributed by atoms with Crippen LogP contribution in [-0.4, -0.2) is 57.3 Å². The Kier molecular flexibility index (Phi) is 4.76. The molecule has 2 rings (SSSR count). The molecule has 1 aromatic carbocycles. The number of carbonyl (C=O) groups is 1. The van der Waals surface area contributed by atoms with Crippen LogP contribution in [0, 0.1) is 0 Å². The number of nitrogens with one attached hydrogen (secondary N) is 1. The van der Waals surface area contributed by atoms with Gasteiger partial charge in [0.15, 0.2) is 0 Å². The fourth-order valence-electron chi connectivity index (χ4n) is 2.30. The number of carbonyl (C=O) groups excluding carboxylic acids is 1. The van der Waals surface area contributed by atoms with E-state index in [0.717, 1.165) is 6.54 Å². The summed E-state index contributed by atoms with van der Waals surface area (Å²) < 4.78 is 10.7. The van der Waals surface area contributed by atoms with E-state index >= 15 is 0 Å². The molecule has 104 valence electrons. The van der Waals surface area contributed by atoms with Gasteiger partial charge in [0.05, 0.1) is 31.9 Å². The highest BCUT2D eigenvalue weighted by Gasteiger charge is 2.28. The van der Waals surface area contributed by atoms with Crippen LogP contribution in [0.3, 0.4) is 0 Å². The molecule has 1 amide bonds. The van der Waals surface area contributed by atoms with E-state index in [9.17, 15) is 4.79 Å². The molecular formula is C14H20N2O3. The van der Waals surface area contributed by atoms with Gasteiger partial charge in [0.2, 0.25) is 0 Å². The number of para-hydroxylation sites is 1. The second-order valence-electron chi connectivity index (χ2n) is 4.49. The normalized spacial score (nSPS) is 19.3. The maximum atomic E-state index is 12.6. The summed E-state index contributed by atoms with van der Waals surface area (Å²) in [6.45, 7) is 2.49. The van der Waals surface area contributed by atoms with Gasteiger partial charge in [-0.15, -0.1) is 0 Å². The van der Waals surface area contributed by atoms with Crippen molar-refractivity contribution in [3.05, 3.63) is 29.8 Å². The standard InChI is InChI=1S/C14H20N2O3/c1-15-9-11-10-19-8-7-16(11)14(17)12-5-3-4-6-13(12)18-2/h3-6,11,15H,7-10H2,1-2H3. The first-order valence-electron chi connectivity index (χ1n) is 6.44. The largest absolute Gasteiger partial charge is 0.496 e. The number of benzene rings is 1. The van der Waals surface area contributed by atoms with Crippen LogP contribution < -0.4 is 10.1 Å². The Balaban J connectivity index is 2.21. The third kappa shape index (κ3) is 3.05. The van der Waals surface area contributed by atoms with Gasteiger partial charge in [-0.3, -0.25) is 4.79 Å². The highest BCUT2D eigenvalue weighted by molar-refractivity contribution is 5.97. The Bertz CT molecular complexity index is 434. The minimum atomic E-state index is 0.000926. The molecule has 1 N–H and O–H groups in total. The summed E-state index contributed by atoms with van der Waals surface area (Å²) in [5.74, 6) is 0.614. The number of likely N-dealkylation sites (N-methyl/N-ethyl adjacent to an activating group) is 1. The molecule has 0 aliphatic carbocycles. The SMILES string of the molecule is CNCC1COCCN1C(=O)c1ccccc1OC. The van der Waals surface area contributed by atoms with Crippen molar-refractivity contribution in [1.29, 1.82) is 0 Å². The van der Waals surface area contributed by atoms with Crippen LogP contribution in [0.4, 0.5) is 0 Å². The lowest BCUT2D eigenvalue weighted by atomic mass is 10.1. The zero-order chi connectivity index (χ0) is 13.7. The van der Waals surface area contributed by atoms with E-state index in [4.69, 9.17) is 9.47 Å². The van der Waals surface area contributed by atoms with Crippen LogP contribution >= 0.6 is 0 Å². The van der Waals surface area contributed by atoms with Gasteiger partial charge in [-0.05, 0) is 19.2 Å². The molecule has 5 nitrogen and oxygen atoms in total. The van der Waals surface area contributed by atoms with Crippen molar-refractivity contribution in [1.82, 2.24) is 10.2 Å². The zero-order valence-electron chi connectivity index (χ0n) is 11.4. The summed E-state index contributed by atoms with van der Waals surface area (Å²) in [6, 6.07) is 7.38. The first-order chi connectivity index (χ1) is 9.27. The summed E-state index contributed by atoms with van der Waals surface area (Å²) in [5, 5.41) is 3.10. The van der Waals surface area contributed by atoms with Crippen LogP contribution in [0.15, 0.2) is 24.3 Å². The third-order valence-corrected chi connectivity index (χ3v) is 3.27. The molecule has 0 aromatic heterocycles. The van der Waals surface area contributed by atoms with Gasteiger partial charge < -0.3 is 19.7 Å². The average Bonchev–Trinajstić information content (AvgIpc) is 2.47. The number of amides is 1. The molecule has 1 aliphatic heterocycles. The number of ether oxygens (including phenoxy) is 2. The van der Waals surface area contributed by atoms with E-state index in [1.165, 1.54) is 0 Å². The summed E-state index contributed by atoms with van der Waals surface area (Å²) in [5.41, 5.74) is 0.605. The molecule has 1 saturated heterocycles. The molecule has 1 unspecified atom stereocenters. The quantitative estimate of drug-likeness (QED) is 0.872. The number of morpholine rings is 1. The van der Waals surface area contributed by atoms with Crippen molar-refractivity contribution in [2.75, 3.05) is 40.5 Å². The Morgan fingerprint density at radius 1 is 1.53 bits per heavy atom. The van der Waals surface area contributed by atoms with E-state index in [0.29, 0.717) is 31.1 Å². The Morgan fingerprint density at radius 2 is 2.32 bits per heavy atom. The molecule has 1 heterocycles. The van der Waals surface area contributed by atoms with Gasteiger partial charge in [0.1, 0.15) is 5.75 Å². The lowest BCUT2D eigenvalue weighted by molar-refractivity contribution is -0.00112.